The molecule has 0 aliphatic heterocycles. The fourth-order valence-electron chi connectivity index (χ4n) is 3.99. The van der Waals surface area contributed by atoms with Gasteiger partial charge in [-0.3, -0.25) is 4.55 Å². The summed E-state index contributed by atoms with van der Waals surface area (Å²) in [6, 6.07) is 0. The highest BCUT2D eigenvalue weighted by Gasteiger charge is 2.21. The Hall–Kier alpha value is -0.130. The molecule has 0 saturated heterocycles. The topological polar surface area (TPSA) is 74.6 Å². The number of rotatable bonds is 22. The first-order chi connectivity index (χ1) is 13.9. The van der Waals surface area contributed by atoms with Crippen LogP contribution in [0.3, 0.4) is 0 Å². The summed E-state index contributed by atoms with van der Waals surface area (Å²) in [5.41, 5.74) is 0. The molecule has 0 fully saturated rings. The molecule has 2 atom stereocenters. The van der Waals surface area contributed by atoms with Gasteiger partial charge in [0.1, 0.15) is 0 Å². The lowest BCUT2D eigenvalue weighted by Crippen LogP contribution is -2.20. The second-order valence-electron chi connectivity index (χ2n) is 8.90. The molecule has 0 aromatic heterocycles. The van der Waals surface area contributed by atoms with Gasteiger partial charge in [-0.05, 0) is 25.7 Å². The quantitative estimate of drug-likeness (QED) is 0.137. The van der Waals surface area contributed by atoms with E-state index in [2.05, 4.69) is 6.92 Å². The Morgan fingerprint density at radius 3 is 1.31 bits per heavy atom. The van der Waals surface area contributed by atoms with Crippen molar-refractivity contribution >= 4 is 10.1 Å². The Labute approximate surface area is 182 Å². The maximum atomic E-state index is 11.4. The van der Waals surface area contributed by atoms with Gasteiger partial charge in [-0.25, -0.2) is 0 Å². The highest BCUT2D eigenvalue weighted by Crippen LogP contribution is 2.18. The van der Waals surface area contributed by atoms with Crippen molar-refractivity contribution in [3.63, 3.8) is 0 Å². The molecule has 4 nitrogen and oxygen atoms in total. The van der Waals surface area contributed by atoms with Gasteiger partial charge < -0.3 is 5.11 Å². The molecule has 2 unspecified atom stereocenters. The van der Waals surface area contributed by atoms with Crippen LogP contribution in [-0.4, -0.2) is 29.4 Å². The van der Waals surface area contributed by atoms with Crippen LogP contribution in [0.2, 0.25) is 0 Å². The molecule has 0 saturated carbocycles. The molecule has 0 aromatic carbocycles. The normalized spacial score (nSPS) is 14.2. The van der Waals surface area contributed by atoms with Crippen molar-refractivity contribution in [3.05, 3.63) is 0 Å². The zero-order valence-corrected chi connectivity index (χ0v) is 20.2. The van der Waals surface area contributed by atoms with Crippen LogP contribution < -0.4 is 0 Å². The molecule has 0 aliphatic rings. The Balaban J connectivity index is 3.49. The fourth-order valence-corrected chi connectivity index (χ4v) is 4.92. The van der Waals surface area contributed by atoms with Gasteiger partial charge in [-0.1, -0.05) is 117 Å². The molecule has 0 radical (unpaired) electrons. The van der Waals surface area contributed by atoms with E-state index >= 15 is 0 Å². The molecular weight excluding hydrogens is 384 g/mol. The summed E-state index contributed by atoms with van der Waals surface area (Å²) in [5.74, 6) is 0. The molecule has 0 amide bonds. The van der Waals surface area contributed by atoms with Crippen LogP contribution in [0.25, 0.3) is 0 Å². The average Bonchev–Trinajstić information content (AvgIpc) is 2.67. The average molecular weight is 435 g/mol. The van der Waals surface area contributed by atoms with E-state index in [4.69, 9.17) is 0 Å². The predicted molar refractivity (Wildman–Crippen MR) is 125 cm³/mol. The lowest BCUT2D eigenvalue weighted by Gasteiger charge is -2.13. The van der Waals surface area contributed by atoms with E-state index < -0.39 is 15.4 Å². The lowest BCUT2D eigenvalue weighted by atomic mass is 10.0. The SMILES string of the molecule is CCCCCCCCCCCC(O)CCCCCCCC(CCCC)S(=O)(=O)O. The Bertz CT molecular complexity index is 436. The zero-order valence-electron chi connectivity index (χ0n) is 19.4. The summed E-state index contributed by atoms with van der Waals surface area (Å²) in [5, 5.41) is 9.52. The second kappa shape index (κ2) is 19.8. The molecule has 0 heterocycles. The van der Waals surface area contributed by atoms with Gasteiger partial charge >= 0.3 is 0 Å². The number of unbranched alkanes of at least 4 members (excludes halogenated alkanes) is 13. The van der Waals surface area contributed by atoms with Gasteiger partial charge in [0.15, 0.2) is 0 Å². The summed E-state index contributed by atoms with van der Waals surface area (Å²) in [7, 11) is -3.90. The standard InChI is InChI=1S/C24H50O4S/c1-3-5-7-8-9-10-11-13-16-19-23(25)20-17-14-12-15-18-22-24(21-6-4-2)29(26,27)28/h23-25H,3-22H2,1-2H3,(H,26,27,28). The summed E-state index contributed by atoms with van der Waals surface area (Å²) in [6.45, 7) is 4.29. The van der Waals surface area contributed by atoms with Crippen LogP contribution in [-0.2, 0) is 10.1 Å². The van der Waals surface area contributed by atoms with E-state index in [9.17, 15) is 18.1 Å². The Kier molecular flexibility index (Phi) is 19.7. The van der Waals surface area contributed by atoms with Crippen molar-refractivity contribution in [2.45, 2.75) is 154 Å². The third-order valence-electron chi connectivity index (χ3n) is 6.01. The molecule has 29 heavy (non-hydrogen) atoms. The minimum Gasteiger partial charge on any atom is -0.393 e. The van der Waals surface area contributed by atoms with Crippen molar-refractivity contribution in [3.8, 4) is 0 Å². The Morgan fingerprint density at radius 1 is 0.552 bits per heavy atom. The van der Waals surface area contributed by atoms with Gasteiger partial charge in [0.05, 0.1) is 11.4 Å². The van der Waals surface area contributed by atoms with Crippen LogP contribution >= 0.6 is 0 Å². The predicted octanol–water partition coefficient (Wildman–Crippen LogP) is 7.45. The van der Waals surface area contributed by atoms with Crippen LogP contribution in [0.15, 0.2) is 0 Å². The van der Waals surface area contributed by atoms with Crippen LogP contribution in [0.4, 0.5) is 0 Å². The molecule has 5 heteroatoms. The summed E-state index contributed by atoms with van der Waals surface area (Å²) < 4.78 is 32.1. The largest absolute Gasteiger partial charge is 0.393 e. The lowest BCUT2D eigenvalue weighted by molar-refractivity contribution is 0.147. The van der Waals surface area contributed by atoms with Crippen LogP contribution in [0.5, 0.6) is 0 Å². The maximum Gasteiger partial charge on any atom is 0.267 e. The first kappa shape index (κ1) is 28.9. The number of aliphatic hydroxyl groups excluding tert-OH is 1. The van der Waals surface area contributed by atoms with Gasteiger partial charge in [0.25, 0.3) is 10.1 Å². The first-order valence-corrected chi connectivity index (χ1v) is 14.1. The van der Waals surface area contributed by atoms with Gasteiger partial charge in [-0.15, -0.1) is 0 Å². The first-order valence-electron chi connectivity index (χ1n) is 12.6. The monoisotopic (exact) mass is 434 g/mol. The third-order valence-corrected chi connectivity index (χ3v) is 7.32. The number of hydrogen-bond donors (Lipinski definition) is 2. The maximum absolute atomic E-state index is 11.4. The molecule has 176 valence electrons. The highest BCUT2D eigenvalue weighted by atomic mass is 32.2. The molecule has 0 rings (SSSR count). The number of aliphatic hydroxyl groups is 1. The van der Waals surface area contributed by atoms with E-state index in [-0.39, 0.29) is 6.10 Å². The summed E-state index contributed by atoms with van der Waals surface area (Å²) in [6.07, 6.45) is 21.6. The molecule has 0 bridgehead atoms. The minimum atomic E-state index is -3.90. The fraction of sp³-hybridized carbons (Fsp3) is 1.00. The second-order valence-corrected chi connectivity index (χ2v) is 10.6. The molecular formula is C24H50O4S. The molecule has 0 aliphatic carbocycles. The molecule has 0 aromatic rings. The smallest absolute Gasteiger partial charge is 0.267 e. The summed E-state index contributed by atoms with van der Waals surface area (Å²) >= 11 is 0. The van der Waals surface area contributed by atoms with Crippen molar-refractivity contribution < 1.29 is 18.1 Å². The molecule has 2 N–H and O–H groups in total. The third kappa shape index (κ3) is 19.6. The van der Waals surface area contributed by atoms with E-state index in [1.54, 1.807) is 0 Å². The van der Waals surface area contributed by atoms with Crippen molar-refractivity contribution in [2.24, 2.45) is 0 Å². The van der Waals surface area contributed by atoms with E-state index in [1.807, 2.05) is 6.92 Å². The number of hydrogen-bond acceptors (Lipinski definition) is 3. The van der Waals surface area contributed by atoms with Gasteiger partial charge in [-0.2, -0.15) is 8.42 Å². The van der Waals surface area contributed by atoms with Crippen molar-refractivity contribution in [1.29, 1.82) is 0 Å². The van der Waals surface area contributed by atoms with E-state index in [1.165, 1.54) is 51.4 Å². The van der Waals surface area contributed by atoms with Gasteiger partial charge in [0.2, 0.25) is 0 Å². The van der Waals surface area contributed by atoms with E-state index in [0.717, 1.165) is 64.2 Å². The van der Waals surface area contributed by atoms with Gasteiger partial charge in [0, 0.05) is 0 Å². The van der Waals surface area contributed by atoms with Crippen molar-refractivity contribution in [2.75, 3.05) is 0 Å². The van der Waals surface area contributed by atoms with Crippen molar-refractivity contribution in [1.82, 2.24) is 0 Å². The Morgan fingerprint density at radius 2 is 0.897 bits per heavy atom. The highest BCUT2D eigenvalue weighted by molar-refractivity contribution is 7.86. The minimum absolute atomic E-state index is 0.155. The summed E-state index contributed by atoms with van der Waals surface area (Å²) in [4.78, 5) is 0. The molecule has 0 spiro atoms. The zero-order chi connectivity index (χ0) is 21.8. The van der Waals surface area contributed by atoms with E-state index in [0.29, 0.717) is 12.8 Å². The van der Waals surface area contributed by atoms with Crippen LogP contribution in [0, 0.1) is 0 Å². The van der Waals surface area contributed by atoms with Crippen LogP contribution in [0.1, 0.15) is 142 Å².